The minimum absolute atomic E-state index is 0.141. The van der Waals surface area contributed by atoms with Gasteiger partial charge < -0.3 is 5.11 Å². The molecule has 0 atom stereocenters. The van der Waals surface area contributed by atoms with E-state index < -0.39 is 27.7 Å². The zero-order valence-electron chi connectivity index (χ0n) is 18.8. The van der Waals surface area contributed by atoms with Crippen LogP contribution >= 0.6 is 15.9 Å². The third-order valence-corrected chi connectivity index (χ3v) is 6.18. The van der Waals surface area contributed by atoms with Crippen molar-refractivity contribution in [3.63, 3.8) is 0 Å². The maximum absolute atomic E-state index is 12.6. The number of nitrogens with one attached hydrogen (secondary N) is 1. The molecular formula is C22H19BrN6O6. The highest BCUT2D eigenvalue weighted by Crippen LogP contribution is 2.32. The van der Waals surface area contributed by atoms with Crippen molar-refractivity contribution in [1.29, 1.82) is 0 Å². The number of aliphatic imine (C=N–C) groups is 1. The molecule has 0 radical (unpaired) electrons. The zero-order chi connectivity index (χ0) is 25.6. The molecule has 4 rings (SSSR count). The van der Waals surface area contributed by atoms with Crippen molar-refractivity contribution in [2.24, 2.45) is 19.1 Å². The second-order valence-electron chi connectivity index (χ2n) is 7.70. The van der Waals surface area contributed by atoms with Gasteiger partial charge in [-0.25, -0.2) is 19.1 Å². The molecule has 2 N–H and O–H groups in total. The Morgan fingerprint density at radius 2 is 1.80 bits per heavy atom. The van der Waals surface area contributed by atoms with Crippen molar-refractivity contribution in [2.75, 3.05) is 0 Å². The molecular weight excluding hydrogens is 524 g/mol. The number of nitro benzene ring substituents is 1. The van der Waals surface area contributed by atoms with Gasteiger partial charge in [-0.05, 0) is 36.2 Å². The number of halogens is 1. The van der Waals surface area contributed by atoms with Gasteiger partial charge in [-0.1, -0.05) is 22.9 Å². The lowest BCUT2D eigenvalue weighted by atomic mass is 10.1. The molecule has 2 heterocycles. The van der Waals surface area contributed by atoms with Crippen LogP contribution in [0.25, 0.3) is 16.7 Å². The highest BCUT2D eigenvalue weighted by molar-refractivity contribution is 9.10. The van der Waals surface area contributed by atoms with E-state index in [1.54, 1.807) is 18.2 Å². The van der Waals surface area contributed by atoms with Crippen molar-refractivity contribution >= 4 is 44.6 Å². The summed E-state index contributed by atoms with van der Waals surface area (Å²) in [4.78, 5) is 54.5. The van der Waals surface area contributed by atoms with Crippen LogP contribution in [0.5, 0.6) is 5.88 Å². The Kier molecular flexibility index (Phi) is 6.03. The third kappa shape index (κ3) is 3.99. The van der Waals surface area contributed by atoms with Gasteiger partial charge in [-0.3, -0.25) is 29.0 Å². The van der Waals surface area contributed by atoms with Crippen LogP contribution < -0.4 is 16.9 Å². The van der Waals surface area contributed by atoms with Crippen LogP contribution in [-0.2, 0) is 20.5 Å². The predicted molar refractivity (Wildman–Crippen MR) is 133 cm³/mol. The molecule has 13 heteroatoms. The third-order valence-electron chi connectivity index (χ3n) is 5.68. The Hall–Kier alpha value is -4.26. The van der Waals surface area contributed by atoms with E-state index in [4.69, 9.17) is 0 Å². The van der Waals surface area contributed by atoms with Gasteiger partial charge in [0, 0.05) is 30.8 Å². The van der Waals surface area contributed by atoms with E-state index in [2.05, 4.69) is 25.9 Å². The molecule has 0 aliphatic heterocycles. The Bertz CT molecular complexity index is 1730. The fraction of sp³-hybridized carbons (Fsp3) is 0.182. The number of H-pyrrole nitrogens is 1. The van der Waals surface area contributed by atoms with E-state index in [9.17, 15) is 29.6 Å². The lowest BCUT2D eigenvalue weighted by molar-refractivity contribution is -0.383. The number of hydrogen-bond acceptors (Lipinski definition) is 7. The number of rotatable bonds is 5. The molecule has 4 aromatic rings. The standard InChI is InChI=1S/C22H19BrN6O6/c1-4-11-7-12(23)5-6-15(11)28-20(31)13(19(30)25-21(28)32)10-24-14-8-17-18(9-16(14)29(34)35)27(3)22(33)26(17)2/h5-10,31H,4H2,1-3H3,(H,25,30,32). The van der Waals surface area contributed by atoms with E-state index >= 15 is 0 Å². The second kappa shape index (κ2) is 8.83. The first-order chi connectivity index (χ1) is 16.5. The molecule has 180 valence electrons. The molecule has 12 nitrogen and oxygen atoms in total. The summed E-state index contributed by atoms with van der Waals surface area (Å²) in [7, 11) is 3.00. The maximum Gasteiger partial charge on any atom is 0.335 e. The lowest BCUT2D eigenvalue weighted by Gasteiger charge is -2.13. The quantitative estimate of drug-likeness (QED) is 0.224. The van der Waals surface area contributed by atoms with Crippen LogP contribution in [0.1, 0.15) is 18.1 Å². The first-order valence-corrected chi connectivity index (χ1v) is 11.1. The largest absolute Gasteiger partial charge is 0.493 e. The molecule has 35 heavy (non-hydrogen) atoms. The number of aromatic hydroxyl groups is 1. The van der Waals surface area contributed by atoms with Gasteiger partial charge >= 0.3 is 11.4 Å². The summed E-state index contributed by atoms with van der Waals surface area (Å²) in [6.45, 7) is 1.87. The molecule has 0 spiro atoms. The summed E-state index contributed by atoms with van der Waals surface area (Å²) >= 11 is 3.36. The van der Waals surface area contributed by atoms with Crippen molar-refractivity contribution < 1.29 is 10.0 Å². The predicted octanol–water partition coefficient (Wildman–Crippen LogP) is 2.41. The molecule has 0 saturated heterocycles. The maximum atomic E-state index is 12.6. The normalized spacial score (nSPS) is 11.5. The summed E-state index contributed by atoms with van der Waals surface area (Å²) in [5, 5.41) is 22.5. The van der Waals surface area contributed by atoms with E-state index in [0.29, 0.717) is 23.1 Å². The smallest absolute Gasteiger partial charge is 0.335 e. The highest BCUT2D eigenvalue weighted by atomic mass is 79.9. The summed E-state index contributed by atoms with van der Waals surface area (Å²) in [5.41, 5.74) is -1.26. The van der Waals surface area contributed by atoms with E-state index in [1.807, 2.05) is 6.92 Å². The minimum atomic E-state index is -0.918. The Morgan fingerprint density at radius 1 is 1.14 bits per heavy atom. The van der Waals surface area contributed by atoms with Gasteiger partial charge in [0.15, 0.2) is 0 Å². The van der Waals surface area contributed by atoms with Gasteiger partial charge in [0.1, 0.15) is 11.3 Å². The zero-order valence-corrected chi connectivity index (χ0v) is 20.4. The summed E-state index contributed by atoms with van der Waals surface area (Å²) in [6, 6.07) is 7.63. The number of aromatic amines is 1. The summed E-state index contributed by atoms with van der Waals surface area (Å²) in [6.07, 6.45) is 1.48. The van der Waals surface area contributed by atoms with Crippen LogP contribution in [-0.4, -0.2) is 34.9 Å². The van der Waals surface area contributed by atoms with Crippen LogP contribution in [0.4, 0.5) is 11.4 Å². The fourth-order valence-corrected chi connectivity index (χ4v) is 4.25. The number of nitro groups is 1. The Labute approximate surface area is 204 Å². The van der Waals surface area contributed by atoms with Crippen LogP contribution in [0.2, 0.25) is 0 Å². The molecule has 2 aromatic heterocycles. The molecule has 0 saturated carbocycles. The van der Waals surface area contributed by atoms with Gasteiger partial charge in [-0.15, -0.1) is 0 Å². The van der Waals surface area contributed by atoms with Gasteiger partial charge in [0.25, 0.3) is 11.2 Å². The molecule has 2 aromatic carbocycles. The number of benzene rings is 2. The van der Waals surface area contributed by atoms with E-state index in [0.717, 1.165) is 20.8 Å². The fourth-order valence-electron chi connectivity index (χ4n) is 3.84. The first-order valence-electron chi connectivity index (χ1n) is 10.3. The van der Waals surface area contributed by atoms with Crippen molar-refractivity contribution in [3.05, 3.63) is 87.4 Å². The van der Waals surface area contributed by atoms with Gasteiger partial charge in [-0.2, -0.15) is 0 Å². The Balaban J connectivity index is 1.93. The van der Waals surface area contributed by atoms with Crippen molar-refractivity contribution in [2.45, 2.75) is 13.3 Å². The molecule has 0 aliphatic rings. The molecule has 0 fully saturated rings. The number of nitrogens with zero attached hydrogens (tertiary/aromatic N) is 5. The number of hydrogen-bond donors (Lipinski definition) is 2. The van der Waals surface area contributed by atoms with Gasteiger partial charge in [0.2, 0.25) is 5.88 Å². The topological polar surface area (TPSA) is 158 Å². The van der Waals surface area contributed by atoms with Crippen LogP contribution in [0, 0.1) is 10.1 Å². The molecule has 0 amide bonds. The number of aryl methyl sites for hydroxylation is 3. The van der Waals surface area contributed by atoms with Gasteiger partial charge in [0.05, 0.1) is 21.6 Å². The van der Waals surface area contributed by atoms with Crippen molar-refractivity contribution in [3.8, 4) is 11.6 Å². The monoisotopic (exact) mass is 542 g/mol. The minimum Gasteiger partial charge on any atom is -0.493 e. The highest BCUT2D eigenvalue weighted by Gasteiger charge is 2.20. The average molecular weight is 543 g/mol. The number of fused-ring (bicyclic) bond motifs is 1. The average Bonchev–Trinajstić information content (AvgIpc) is 3.02. The van der Waals surface area contributed by atoms with E-state index in [-0.39, 0.29) is 16.9 Å². The Morgan fingerprint density at radius 3 is 2.43 bits per heavy atom. The molecule has 0 unspecified atom stereocenters. The van der Waals surface area contributed by atoms with E-state index in [1.165, 1.54) is 35.4 Å². The SMILES string of the molecule is CCc1cc(Br)ccc1-n1c(O)c(C=Nc2cc3c(cc2[N+](=O)[O-])n(C)c(=O)n3C)c(=O)[nH]c1=O. The number of imidazole rings is 1. The van der Waals surface area contributed by atoms with Crippen molar-refractivity contribution in [1.82, 2.24) is 18.7 Å². The van der Waals surface area contributed by atoms with Crippen LogP contribution in [0.15, 0.2) is 54.2 Å². The molecule has 0 bridgehead atoms. The lowest BCUT2D eigenvalue weighted by Crippen LogP contribution is -2.31. The second-order valence-corrected chi connectivity index (χ2v) is 8.62. The summed E-state index contributed by atoms with van der Waals surface area (Å²) < 4.78 is 4.29. The summed E-state index contributed by atoms with van der Waals surface area (Å²) in [5.74, 6) is -0.671. The first kappa shape index (κ1) is 23.9. The molecule has 0 aliphatic carbocycles. The van der Waals surface area contributed by atoms with Crippen LogP contribution in [0.3, 0.4) is 0 Å². The number of aromatic nitrogens is 4.